The average molecular weight is 287 g/mol. The first-order valence-corrected chi connectivity index (χ1v) is 8.14. The van der Waals surface area contributed by atoms with E-state index in [1.807, 2.05) is 6.07 Å². The van der Waals surface area contributed by atoms with Crippen LogP contribution >= 0.6 is 22.9 Å². The Balaban J connectivity index is 1.58. The fraction of sp³-hybridized carbons (Fsp3) is 0.714. The average Bonchev–Trinajstić information content (AvgIpc) is 2.72. The molecule has 0 spiro atoms. The molecule has 0 saturated heterocycles. The third-order valence-corrected chi connectivity index (χ3v) is 4.95. The molecule has 18 heavy (non-hydrogen) atoms. The maximum atomic E-state index is 5.91. The van der Waals surface area contributed by atoms with Crippen LogP contribution in [-0.4, -0.2) is 31.1 Å². The molecule has 1 aliphatic rings. The molecule has 0 unspecified atom stereocenters. The summed E-state index contributed by atoms with van der Waals surface area (Å²) in [5, 5.41) is 3.50. The van der Waals surface area contributed by atoms with Crippen LogP contribution in [0.15, 0.2) is 12.1 Å². The van der Waals surface area contributed by atoms with Crippen LogP contribution in [0, 0.1) is 5.92 Å². The van der Waals surface area contributed by atoms with Crippen LogP contribution < -0.4 is 5.32 Å². The van der Waals surface area contributed by atoms with E-state index in [2.05, 4.69) is 23.2 Å². The first-order chi connectivity index (χ1) is 8.78. The van der Waals surface area contributed by atoms with E-state index in [-0.39, 0.29) is 0 Å². The second-order valence-electron chi connectivity index (χ2n) is 5.07. The molecule has 1 saturated carbocycles. The summed E-state index contributed by atoms with van der Waals surface area (Å²) in [7, 11) is 0. The maximum Gasteiger partial charge on any atom is 0.0931 e. The van der Waals surface area contributed by atoms with Gasteiger partial charge in [0, 0.05) is 31.1 Å². The highest BCUT2D eigenvalue weighted by Gasteiger charge is 2.19. The monoisotopic (exact) mass is 286 g/mol. The van der Waals surface area contributed by atoms with Crippen molar-refractivity contribution in [2.24, 2.45) is 5.92 Å². The summed E-state index contributed by atoms with van der Waals surface area (Å²) in [6, 6.07) is 4.07. The standard InChI is InChI=1S/C14H23ClN2S/c1-2-17(11-12-4-3-5-12)9-8-16-10-13-6-7-14(15)18-13/h6-7,12,16H,2-5,8-11H2,1H3. The molecule has 4 heteroatoms. The minimum absolute atomic E-state index is 0.881. The number of halogens is 1. The van der Waals surface area contributed by atoms with Crippen molar-refractivity contribution in [3.63, 3.8) is 0 Å². The minimum atomic E-state index is 0.881. The van der Waals surface area contributed by atoms with E-state index in [4.69, 9.17) is 11.6 Å². The zero-order valence-electron chi connectivity index (χ0n) is 11.1. The SMILES string of the molecule is CCN(CCNCc1ccc(Cl)s1)CC1CCC1. The number of thiophene rings is 1. The molecular weight excluding hydrogens is 264 g/mol. The van der Waals surface area contributed by atoms with Gasteiger partial charge in [-0.3, -0.25) is 0 Å². The van der Waals surface area contributed by atoms with Gasteiger partial charge < -0.3 is 10.2 Å². The van der Waals surface area contributed by atoms with Crippen molar-refractivity contribution in [1.82, 2.24) is 10.2 Å². The van der Waals surface area contributed by atoms with E-state index in [9.17, 15) is 0 Å². The van der Waals surface area contributed by atoms with Crippen molar-refractivity contribution in [1.29, 1.82) is 0 Å². The number of rotatable bonds is 8. The van der Waals surface area contributed by atoms with Gasteiger partial charge >= 0.3 is 0 Å². The van der Waals surface area contributed by atoms with Gasteiger partial charge in [-0.15, -0.1) is 11.3 Å². The molecule has 0 atom stereocenters. The number of nitrogens with one attached hydrogen (secondary N) is 1. The van der Waals surface area contributed by atoms with Crippen LogP contribution in [0.5, 0.6) is 0 Å². The second kappa shape index (κ2) is 7.49. The Labute approximate surface area is 119 Å². The van der Waals surface area contributed by atoms with Crippen molar-refractivity contribution in [3.05, 3.63) is 21.3 Å². The van der Waals surface area contributed by atoms with Crippen LogP contribution in [-0.2, 0) is 6.54 Å². The number of hydrogen-bond acceptors (Lipinski definition) is 3. The highest BCUT2D eigenvalue weighted by atomic mass is 35.5. The fourth-order valence-electron chi connectivity index (χ4n) is 2.31. The molecule has 0 amide bonds. The molecule has 2 nitrogen and oxygen atoms in total. The molecule has 0 radical (unpaired) electrons. The first-order valence-electron chi connectivity index (χ1n) is 6.95. The summed E-state index contributed by atoms with van der Waals surface area (Å²) in [6.07, 6.45) is 4.33. The Bertz CT molecular complexity index is 349. The minimum Gasteiger partial charge on any atom is -0.311 e. The van der Waals surface area contributed by atoms with Crippen LogP contribution in [0.4, 0.5) is 0 Å². The molecule has 1 heterocycles. The Morgan fingerprint density at radius 1 is 1.44 bits per heavy atom. The summed E-state index contributed by atoms with van der Waals surface area (Å²) in [6.45, 7) is 7.89. The van der Waals surface area contributed by atoms with E-state index in [1.165, 1.54) is 37.2 Å². The van der Waals surface area contributed by atoms with Gasteiger partial charge in [0.1, 0.15) is 0 Å². The summed E-state index contributed by atoms with van der Waals surface area (Å²) < 4.78 is 0.881. The third-order valence-electron chi connectivity index (χ3n) is 3.72. The predicted molar refractivity (Wildman–Crippen MR) is 80.5 cm³/mol. The molecule has 102 valence electrons. The lowest BCUT2D eigenvalue weighted by Crippen LogP contribution is -2.37. The summed E-state index contributed by atoms with van der Waals surface area (Å²) in [5.41, 5.74) is 0. The topological polar surface area (TPSA) is 15.3 Å². The third kappa shape index (κ3) is 4.54. The Morgan fingerprint density at radius 3 is 2.83 bits per heavy atom. The van der Waals surface area contributed by atoms with Crippen molar-refractivity contribution >= 4 is 22.9 Å². The predicted octanol–water partition coefficient (Wildman–Crippen LogP) is 3.61. The van der Waals surface area contributed by atoms with Crippen molar-refractivity contribution in [2.75, 3.05) is 26.2 Å². The van der Waals surface area contributed by atoms with Gasteiger partial charge in [-0.25, -0.2) is 0 Å². The molecule has 0 bridgehead atoms. The smallest absolute Gasteiger partial charge is 0.0931 e. The normalized spacial score (nSPS) is 16.2. The molecule has 1 N–H and O–H groups in total. The maximum absolute atomic E-state index is 5.91. The molecule has 0 aromatic carbocycles. The highest BCUT2D eigenvalue weighted by Crippen LogP contribution is 2.26. The lowest BCUT2D eigenvalue weighted by atomic mass is 9.85. The van der Waals surface area contributed by atoms with Crippen molar-refractivity contribution in [3.8, 4) is 0 Å². The van der Waals surface area contributed by atoms with Crippen molar-refractivity contribution in [2.45, 2.75) is 32.7 Å². The van der Waals surface area contributed by atoms with Gasteiger partial charge in [0.25, 0.3) is 0 Å². The van der Waals surface area contributed by atoms with Gasteiger partial charge in [0.15, 0.2) is 0 Å². The van der Waals surface area contributed by atoms with Crippen molar-refractivity contribution < 1.29 is 0 Å². The summed E-state index contributed by atoms with van der Waals surface area (Å²) >= 11 is 7.57. The number of likely N-dealkylation sites (N-methyl/N-ethyl adjacent to an activating group) is 1. The zero-order valence-corrected chi connectivity index (χ0v) is 12.7. The van der Waals surface area contributed by atoms with E-state index >= 15 is 0 Å². The zero-order chi connectivity index (χ0) is 12.8. The molecule has 1 aromatic heterocycles. The van der Waals surface area contributed by atoms with Crippen LogP contribution in [0.2, 0.25) is 4.34 Å². The number of hydrogen-bond donors (Lipinski definition) is 1. The lowest BCUT2D eigenvalue weighted by molar-refractivity contribution is 0.184. The lowest BCUT2D eigenvalue weighted by Gasteiger charge is -2.31. The Kier molecular flexibility index (Phi) is 5.96. The number of nitrogens with zero attached hydrogens (tertiary/aromatic N) is 1. The molecule has 1 aromatic rings. The van der Waals surface area contributed by atoms with Gasteiger partial charge in [0.05, 0.1) is 4.34 Å². The summed E-state index contributed by atoms with van der Waals surface area (Å²) in [5.74, 6) is 0.973. The van der Waals surface area contributed by atoms with Crippen LogP contribution in [0.3, 0.4) is 0 Å². The molecule has 1 aliphatic carbocycles. The molecule has 2 rings (SSSR count). The molecular formula is C14H23ClN2S. The van der Waals surface area contributed by atoms with Crippen LogP contribution in [0.25, 0.3) is 0 Å². The first kappa shape index (κ1) is 14.3. The molecule has 1 fully saturated rings. The highest BCUT2D eigenvalue weighted by molar-refractivity contribution is 7.16. The Hall–Kier alpha value is -0.0900. The summed E-state index contributed by atoms with van der Waals surface area (Å²) in [4.78, 5) is 3.89. The van der Waals surface area contributed by atoms with E-state index in [1.54, 1.807) is 11.3 Å². The van der Waals surface area contributed by atoms with E-state index in [0.29, 0.717) is 0 Å². The quantitative estimate of drug-likeness (QED) is 0.735. The van der Waals surface area contributed by atoms with Crippen LogP contribution in [0.1, 0.15) is 31.1 Å². The second-order valence-corrected chi connectivity index (χ2v) is 6.87. The largest absolute Gasteiger partial charge is 0.311 e. The van der Waals surface area contributed by atoms with Gasteiger partial charge in [0.2, 0.25) is 0 Å². The molecule has 0 aliphatic heterocycles. The fourth-order valence-corrected chi connectivity index (χ4v) is 3.37. The van der Waals surface area contributed by atoms with E-state index in [0.717, 1.165) is 29.9 Å². The van der Waals surface area contributed by atoms with Gasteiger partial charge in [-0.2, -0.15) is 0 Å². The van der Waals surface area contributed by atoms with Gasteiger partial charge in [-0.1, -0.05) is 24.9 Å². The Morgan fingerprint density at radius 2 is 2.28 bits per heavy atom. The van der Waals surface area contributed by atoms with Gasteiger partial charge in [-0.05, 0) is 37.4 Å². The van der Waals surface area contributed by atoms with E-state index < -0.39 is 0 Å².